The Hall–Kier alpha value is -2.05. The molecule has 0 aliphatic rings. The number of thioether (sulfide) groups is 1. The molecule has 6 heteroatoms. The van der Waals surface area contributed by atoms with Crippen LogP contribution in [0.15, 0.2) is 47.4 Å². The molecule has 0 fully saturated rings. The third-order valence-electron chi connectivity index (χ3n) is 3.39. The zero-order chi connectivity index (χ0) is 17.8. The molecule has 3 rings (SSSR count). The van der Waals surface area contributed by atoms with Gasteiger partial charge in [0.05, 0.1) is 22.4 Å². The zero-order valence-electron chi connectivity index (χ0n) is 14.4. The van der Waals surface area contributed by atoms with Crippen LogP contribution in [0, 0.1) is 0 Å². The predicted molar refractivity (Wildman–Crippen MR) is 106 cm³/mol. The van der Waals surface area contributed by atoms with Crippen molar-refractivity contribution in [3.05, 3.63) is 48.0 Å². The number of benzene rings is 2. The van der Waals surface area contributed by atoms with Gasteiger partial charge < -0.3 is 4.74 Å². The molecule has 0 atom stereocenters. The first-order valence-electron chi connectivity index (χ1n) is 8.17. The monoisotopic (exact) mass is 372 g/mol. The maximum Gasteiger partial charge on any atom is 0.258 e. The fraction of sp³-hybridized carbons (Fsp3) is 0.263. The van der Waals surface area contributed by atoms with Crippen molar-refractivity contribution >= 4 is 44.4 Å². The SMILES string of the molecule is CCOc1ccc2nc(NC(=O)c3ccccc3SC(C)C)sc2c1. The van der Waals surface area contributed by atoms with Crippen LogP contribution in [-0.2, 0) is 0 Å². The Balaban J connectivity index is 1.82. The topological polar surface area (TPSA) is 51.2 Å². The molecule has 1 N–H and O–H groups in total. The normalized spacial score (nSPS) is 11.0. The van der Waals surface area contributed by atoms with Gasteiger partial charge in [0.2, 0.25) is 0 Å². The molecule has 0 saturated heterocycles. The van der Waals surface area contributed by atoms with Crippen LogP contribution in [0.4, 0.5) is 5.13 Å². The highest BCUT2D eigenvalue weighted by atomic mass is 32.2. The first-order valence-corrected chi connectivity index (χ1v) is 9.87. The summed E-state index contributed by atoms with van der Waals surface area (Å²) in [6.07, 6.45) is 0. The summed E-state index contributed by atoms with van der Waals surface area (Å²) >= 11 is 3.13. The predicted octanol–water partition coefficient (Wildman–Crippen LogP) is 5.45. The van der Waals surface area contributed by atoms with E-state index in [1.807, 2.05) is 49.4 Å². The van der Waals surface area contributed by atoms with Crippen LogP contribution in [-0.4, -0.2) is 22.7 Å². The Morgan fingerprint density at radius 2 is 2.08 bits per heavy atom. The van der Waals surface area contributed by atoms with Gasteiger partial charge in [-0.05, 0) is 37.3 Å². The average molecular weight is 373 g/mol. The highest BCUT2D eigenvalue weighted by molar-refractivity contribution is 8.00. The van der Waals surface area contributed by atoms with Gasteiger partial charge in [-0.2, -0.15) is 0 Å². The van der Waals surface area contributed by atoms with Gasteiger partial charge in [0.15, 0.2) is 5.13 Å². The molecule has 3 aromatic rings. The third-order valence-corrected chi connectivity index (χ3v) is 5.40. The van der Waals surface area contributed by atoms with E-state index in [9.17, 15) is 4.79 Å². The summed E-state index contributed by atoms with van der Waals surface area (Å²) in [5.74, 6) is 0.683. The minimum absolute atomic E-state index is 0.132. The third kappa shape index (κ3) is 4.32. The molecule has 0 bridgehead atoms. The Morgan fingerprint density at radius 3 is 2.84 bits per heavy atom. The summed E-state index contributed by atoms with van der Waals surface area (Å²) in [7, 11) is 0. The van der Waals surface area contributed by atoms with Crippen molar-refractivity contribution < 1.29 is 9.53 Å². The smallest absolute Gasteiger partial charge is 0.258 e. The number of aromatic nitrogens is 1. The van der Waals surface area contributed by atoms with E-state index in [1.165, 1.54) is 11.3 Å². The molecule has 1 heterocycles. The van der Waals surface area contributed by atoms with E-state index in [2.05, 4.69) is 24.1 Å². The van der Waals surface area contributed by atoms with Crippen LogP contribution >= 0.6 is 23.1 Å². The first kappa shape index (κ1) is 17.8. The number of hydrogen-bond acceptors (Lipinski definition) is 5. The Labute approximate surface area is 155 Å². The number of ether oxygens (including phenoxy) is 1. The van der Waals surface area contributed by atoms with Gasteiger partial charge in [0.25, 0.3) is 5.91 Å². The van der Waals surface area contributed by atoms with Crippen LogP contribution in [0.3, 0.4) is 0 Å². The molecule has 2 aromatic carbocycles. The van der Waals surface area contributed by atoms with Crippen LogP contribution < -0.4 is 10.1 Å². The van der Waals surface area contributed by atoms with E-state index in [4.69, 9.17) is 4.74 Å². The lowest BCUT2D eigenvalue weighted by molar-refractivity contribution is 0.102. The van der Waals surface area contributed by atoms with Crippen molar-refractivity contribution in [3.8, 4) is 5.75 Å². The van der Waals surface area contributed by atoms with Gasteiger partial charge in [-0.25, -0.2) is 4.98 Å². The number of nitrogens with one attached hydrogen (secondary N) is 1. The molecule has 0 radical (unpaired) electrons. The van der Waals surface area contributed by atoms with Crippen LogP contribution in [0.2, 0.25) is 0 Å². The van der Waals surface area contributed by atoms with Gasteiger partial charge in [-0.3, -0.25) is 10.1 Å². The number of carbonyl (C=O) groups is 1. The van der Waals surface area contributed by atoms with E-state index in [1.54, 1.807) is 11.8 Å². The van der Waals surface area contributed by atoms with Crippen molar-refractivity contribution in [2.75, 3.05) is 11.9 Å². The second kappa shape index (κ2) is 7.89. The molecule has 1 aromatic heterocycles. The van der Waals surface area contributed by atoms with Crippen molar-refractivity contribution in [3.63, 3.8) is 0 Å². The molecule has 4 nitrogen and oxygen atoms in total. The zero-order valence-corrected chi connectivity index (χ0v) is 16.0. The second-order valence-electron chi connectivity index (χ2n) is 5.70. The molecule has 1 amide bonds. The lowest BCUT2D eigenvalue weighted by Crippen LogP contribution is -2.13. The van der Waals surface area contributed by atoms with Crippen LogP contribution in [0.1, 0.15) is 31.1 Å². The molecule has 0 aliphatic carbocycles. The van der Waals surface area contributed by atoms with E-state index in [-0.39, 0.29) is 5.91 Å². The number of rotatable bonds is 6. The summed E-state index contributed by atoms with van der Waals surface area (Å²) in [6.45, 7) is 6.80. The highest BCUT2D eigenvalue weighted by Gasteiger charge is 2.15. The van der Waals surface area contributed by atoms with Gasteiger partial charge >= 0.3 is 0 Å². The van der Waals surface area contributed by atoms with Gasteiger partial charge in [0.1, 0.15) is 5.75 Å². The minimum atomic E-state index is -0.132. The number of amides is 1. The van der Waals surface area contributed by atoms with Gasteiger partial charge in [0, 0.05) is 10.1 Å². The molecule has 130 valence electrons. The van der Waals surface area contributed by atoms with Gasteiger partial charge in [-0.1, -0.05) is 37.3 Å². The fourth-order valence-corrected chi connectivity index (χ4v) is 4.23. The standard InChI is InChI=1S/C19H20N2O2S2/c1-4-23-13-9-10-15-17(11-13)25-19(20-15)21-18(22)14-7-5-6-8-16(14)24-12(2)3/h5-12H,4H2,1-3H3,(H,20,21,22). The summed E-state index contributed by atoms with van der Waals surface area (Å²) in [6, 6.07) is 13.4. The average Bonchev–Trinajstić information content (AvgIpc) is 2.96. The maximum absolute atomic E-state index is 12.7. The largest absolute Gasteiger partial charge is 0.494 e. The van der Waals surface area contributed by atoms with Crippen LogP contribution in [0.5, 0.6) is 5.75 Å². The maximum atomic E-state index is 12.7. The molecule has 0 saturated carbocycles. The number of anilines is 1. The number of fused-ring (bicyclic) bond motifs is 1. The lowest BCUT2D eigenvalue weighted by Gasteiger charge is -2.10. The molecule has 0 aliphatic heterocycles. The Bertz CT molecular complexity index is 890. The van der Waals surface area contributed by atoms with Crippen molar-refractivity contribution in [1.82, 2.24) is 4.98 Å². The molecule has 0 spiro atoms. The number of carbonyl (C=O) groups excluding carboxylic acids is 1. The van der Waals surface area contributed by atoms with E-state index in [0.29, 0.717) is 22.6 Å². The minimum Gasteiger partial charge on any atom is -0.494 e. The summed E-state index contributed by atoms with van der Waals surface area (Å²) < 4.78 is 6.51. The van der Waals surface area contributed by atoms with Crippen molar-refractivity contribution in [2.24, 2.45) is 0 Å². The summed E-state index contributed by atoms with van der Waals surface area (Å²) in [4.78, 5) is 18.2. The Kier molecular flexibility index (Phi) is 5.60. The lowest BCUT2D eigenvalue weighted by atomic mass is 10.2. The quantitative estimate of drug-likeness (QED) is 0.585. The van der Waals surface area contributed by atoms with Crippen molar-refractivity contribution in [2.45, 2.75) is 30.9 Å². The first-order chi connectivity index (χ1) is 12.1. The van der Waals surface area contributed by atoms with Crippen molar-refractivity contribution in [1.29, 1.82) is 0 Å². The highest BCUT2D eigenvalue weighted by Crippen LogP contribution is 2.31. The second-order valence-corrected chi connectivity index (χ2v) is 8.35. The van der Waals surface area contributed by atoms with E-state index in [0.717, 1.165) is 20.9 Å². The van der Waals surface area contributed by atoms with Crippen LogP contribution in [0.25, 0.3) is 10.2 Å². The number of thiazole rings is 1. The Morgan fingerprint density at radius 1 is 1.28 bits per heavy atom. The van der Waals surface area contributed by atoms with Gasteiger partial charge in [-0.15, -0.1) is 11.8 Å². The summed E-state index contributed by atoms with van der Waals surface area (Å²) in [5, 5.41) is 3.93. The fourth-order valence-electron chi connectivity index (χ4n) is 2.39. The molecule has 0 unspecified atom stereocenters. The number of nitrogens with zero attached hydrogens (tertiary/aromatic N) is 1. The van der Waals surface area contributed by atoms with E-state index >= 15 is 0 Å². The molecular weight excluding hydrogens is 352 g/mol. The molecule has 25 heavy (non-hydrogen) atoms. The summed E-state index contributed by atoms with van der Waals surface area (Å²) in [5.41, 5.74) is 1.53. The van der Waals surface area contributed by atoms with E-state index < -0.39 is 0 Å². The number of hydrogen-bond donors (Lipinski definition) is 1. The molecular formula is C19H20N2O2S2.